The average molecular weight is 553 g/mol. The van der Waals surface area contributed by atoms with Gasteiger partial charge in [0, 0.05) is 5.39 Å². The van der Waals surface area contributed by atoms with E-state index >= 15 is 0 Å². The molecule has 10 nitrogen and oxygen atoms in total. The van der Waals surface area contributed by atoms with Crippen molar-refractivity contribution in [2.45, 2.75) is 38.5 Å². The molecule has 0 saturated heterocycles. The SMILES string of the molecule is Cc1noc(C(C(N)=O)(c2ccc(O)cc2)c2nc(C(=O)O)cc3cc(Oc4ccc(C(C)(C)C)cc4)ccc23)n1. The number of ether oxygens (including phenoxy) is 1. The molecule has 1 atom stereocenters. The first kappa shape index (κ1) is 27.3. The molecule has 2 heterocycles. The summed E-state index contributed by atoms with van der Waals surface area (Å²) in [5.74, 6) is -1.21. The molecule has 0 spiro atoms. The maximum Gasteiger partial charge on any atom is 0.354 e. The fourth-order valence-corrected chi connectivity index (χ4v) is 4.74. The summed E-state index contributed by atoms with van der Waals surface area (Å²) in [5.41, 5.74) is 5.12. The van der Waals surface area contributed by atoms with Gasteiger partial charge in [-0.1, -0.05) is 50.2 Å². The van der Waals surface area contributed by atoms with Crippen LogP contribution in [0, 0.1) is 6.92 Å². The average Bonchev–Trinajstić information content (AvgIpc) is 3.35. The van der Waals surface area contributed by atoms with Crippen molar-refractivity contribution in [3.63, 3.8) is 0 Å². The summed E-state index contributed by atoms with van der Waals surface area (Å²) in [5, 5.41) is 24.6. The number of phenolic OH excluding ortho intramolecular Hbond substituents is 1. The van der Waals surface area contributed by atoms with E-state index in [9.17, 15) is 19.8 Å². The molecule has 10 heteroatoms. The number of amides is 1. The second-order valence-electron chi connectivity index (χ2n) is 10.7. The van der Waals surface area contributed by atoms with Gasteiger partial charge in [0.05, 0.1) is 5.69 Å². The highest BCUT2D eigenvalue weighted by molar-refractivity contribution is 6.01. The normalized spacial score (nSPS) is 13.1. The highest BCUT2D eigenvalue weighted by atomic mass is 16.5. The number of carbonyl (C=O) groups is 2. The number of rotatable bonds is 7. The summed E-state index contributed by atoms with van der Waals surface area (Å²) in [6.07, 6.45) is 0. The Morgan fingerprint density at radius 3 is 2.07 bits per heavy atom. The van der Waals surface area contributed by atoms with Crippen LogP contribution in [-0.2, 0) is 15.6 Å². The largest absolute Gasteiger partial charge is 0.508 e. The van der Waals surface area contributed by atoms with Crippen molar-refractivity contribution in [1.82, 2.24) is 15.1 Å². The summed E-state index contributed by atoms with van der Waals surface area (Å²) in [4.78, 5) is 34.4. The van der Waals surface area contributed by atoms with Gasteiger partial charge in [0.1, 0.15) is 22.9 Å². The first-order valence-corrected chi connectivity index (χ1v) is 12.8. The molecule has 0 aliphatic carbocycles. The Hall–Kier alpha value is -5.25. The van der Waals surface area contributed by atoms with Gasteiger partial charge in [0.25, 0.3) is 5.89 Å². The number of carbonyl (C=O) groups excluding carboxylic acids is 1. The van der Waals surface area contributed by atoms with Gasteiger partial charge in [0.2, 0.25) is 5.91 Å². The predicted octanol–water partition coefficient (Wildman–Crippen LogP) is 5.24. The van der Waals surface area contributed by atoms with Gasteiger partial charge in [0.15, 0.2) is 11.2 Å². The third-order valence-electron chi connectivity index (χ3n) is 6.85. The topological polar surface area (TPSA) is 162 Å². The Balaban J connectivity index is 1.73. The minimum absolute atomic E-state index is 0.0144. The number of benzene rings is 3. The number of aromatic hydroxyl groups is 1. The Kier molecular flexibility index (Phi) is 6.70. The number of nitrogens with two attached hydrogens (primary N) is 1. The lowest BCUT2D eigenvalue weighted by atomic mass is 9.74. The molecule has 208 valence electrons. The number of hydrogen-bond donors (Lipinski definition) is 3. The minimum atomic E-state index is -1.98. The molecule has 4 N–H and O–H groups in total. The molecule has 3 aromatic carbocycles. The van der Waals surface area contributed by atoms with E-state index in [-0.39, 0.29) is 39.8 Å². The zero-order valence-corrected chi connectivity index (χ0v) is 22.9. The number of aryl methyl sites for hydroxylation is 1. The van der Waals surface area contributed by atoms with E-state index < -0.39 is 17.3 Å². The van der Waals surface area contributed by atoms with Crippen LogP contribution in [0.3, 0.4) is 0 Å². The first-order chi connectivity index (χ1) is 19.4. The second kappa shape index (κ2) is 10.1. The van der Waals surface area contributed by atoms with Gasteiger partial charge in [-0.15, -0.1) is 0 Å². The molecule has 0 aliphatic heterocycles. The maximum absolute atomic E-state index is 13.5. The molecular weight excluding hydrogens is 524 g/mol. The number of hydrogen-bond acceptors (Lipinski definition) is 8. The van der Waals surface area contributed by atoms with Gasteiger partial charge in [-0.2, -0.15) is 4.98 Å². The van der Waals surface area contributed by atoms with Crippen LogP contribution in [0.25, 0.3) is 10.8 Å². The van der Waals surface area contributed by atoms with Gasteiger partial charge in [-0.25, -0.2) is 9.78 Å². The smallest absolute Gasteiger partial charge is 0.354 e. The van der Waals surface area contributed by atoms with Crippen molar-refractivity contribution >= 4 is 22.6 Å². The number of aromatic nitrogens is 3. The Bertz CT molecular complexity index is 1770. The number of aromatic carboxylic acids is 1. The van der Waals surface area contributed by atoms with Crippen LogP contribution < -0.4 is 10.5 Å². The molecule has 0 bridgehead atoms. The number of fused-ring (bicyclic) bond motifs is 1. The highest BCUT2D eigenvalue weighted by Crippen LogP contribution is 2.42. The molecule has 1 unspecified atom stereocenters. The predicted molar refractivity (Wildman–Crippen MR) is 150 cm³/mol. The van der Waals surface area contributed by atoms with E-state index in [0.29, 0.717) is 22.3 Å². The van der Waals surface area contributed by atoms with Gasteiger partial charge in [-0.05, 0) is 77.4 Å². The molecule has 0 aliphatic rings. The van der Waals surface area contributed by atoms with Gasteiger partial charge in [-0.3, -0.25) is 4.79 Å². The second-order valence-corrected chi connectivity index (χ2v) is 10.7. The maximum atomic E-state index is 13.5. The zero-order valence-electron chi connectivity index (χ0n) is 22.9. The number of nitrogens with zero attached hydrogens (tertiary/aromatic N) is 3. The van der Waals surface area contributed by atoms with Crippen molar-refractivity contribution in [2.24, 2.45) is 5.73 Å². The van der Waals surface area contributed by atoms with Crippen molar-refractivity contribution < 1.29 is 29.1 Å². The summed E-state index contributed by atoms with van der Waals surface area (Å²) in [6.45, 7) is 7.94. The number of primary amides is 1. The van der Waals surface area contributed by atoms with E-state index in [1.807, 2.05) is 24.3 Å². The van der Waals surface area contributed by atoms with Crippen molar-refractivity contribution in [1.29, 1.82) is 0 Å². The quantitative estimate of drug-likeness (QED) is 0.245. The van der Waals surface area contributed by atoms with Crippen LogP contribution in [-0.4, -0.2) is 37.2 Å². The lowest BCUT2D eigenvalue weighted by Gasteiger charge is -2.28. The van der Waals surface area contributed by atoms with E-state index in [1.165, 1.54) is 30.3 Å². The monoisotopic (exact) mass is 552 g/mol. The number of carboxylic acid groups (broad SMARTS) is 1. The lowest BCUT2D eigenvalue weighted by molar-refractivity contribution is -0.121. The Labute approximate surface area is 235 Å². The van der Waals surface area contributed by atoms with Gasteiger partial charge < -0.3 is 25.2 Å². The molecule has 41 heavy (non-hydrogen) atoms. The number of pyridine rings is 1. The van der Waals surface area contributed by atoms with Crippen molar-refractivity contribution in [2.75, 3.05) is 0 Å². The Morgan fingerprint density at radius 2 is 1.51 bits per heavy atom. The highest BCUT2D eigenvalue weighted by Gasteiger charge is 2.50. The fourth-order valence-electron chi connectivity index (χ4n) is 4.74. The number of carboxylic acids is 1. The van der Waals surface area contributed by atoms with E-state index in [1.54, 1.807) is 25.1 Å². The van der Waals surface area contributed by atoms with Crippen LogP contribution in [0.2, 0.25) is 0 Å². The fraction of sp³-hybridized carbons (Fsp3) is 0.194. The van der Waals surface area contributed by atoms with E-state index in [0.717, 1.165) is 5.56 Å². The van der Waals surface area contributed by atoms with Crippen molar-refractivity contribution in [3.8, 4) is 17.2 Å². The third kappa shape index (κ3) is 4.95. The third-order valence-corrected chi connectivity index (χ3v) is 6.85. The number of phenols is 1. The molecule has 5 rings (SSSR count). The molecule has 1 amide bonds. The van der Waals surface area contributed by atoms with Crippen LogP contribution in [0.15, 0.2) is 77.3 Å². The summed E-state index contributed by atoms with van der Waals surface area (Å²) in [7, 11) is 0. The molecular formula is C31H28N4O6. The summed E-state index contributed by atoms with van der Waals surface area (Å²) >= 11 is 0. The van der Waals surface area contributed by atoms with Gasteiger partial charge >= 0.3 is 5.97 Å². The van der Waals surface area contributed by atoms with Crippen LogP contribution in [0.5, 0.6) is 17.2 Å². The lowest BCUT2D eigenvalue weighted by Crippen LogP contribution is -2.45. The summed E-state index contributed by atoms with van der Waals surface area (Å²) in [6, 6.07) is 19.8. The van der Waals surface area contributed by atoms with E-state index in [2.05, 4.69) is 35.9 Å². The molecule has 5 aromatic rings. The standard InChI is InChI=1S/C31H28N4O6/c1-17-33-29(41-35-17)31(28(32)39,20-5-9-21(36)10-6-20)26-24-14-13-23(15-18(24)16-25(34-26)27(37)38)40-22-11-7-19(8-12-22)30(2,3)4/h5-16,36H,1-4H3,(H2,32,39)(H,37,38). The zero-order chi connectivity index (χ0) is 29.5. The van der Waals surface area contributed by atoms with Crippen LogP contribution >= 0.6 is 0 Å². The first-order valence-electron chi connectivity index (χ1n) is 12.8. The summed E-state index contributed by atoms with van der Waals surface area (Å²) < 4.78 is 11.6. The van der Waals surface area contributed by atoms with Crippen molar-refractivity contribution in [3.05, 3.63) is 107 Å². The molecule has 0 fully saturated rings. The van der Waals surface area contributed by atoms with E-state index in [4.69, 9.17) is 15.0 Å². The Morgan fingerprint density at radius 1 is 0.878 bits per heavy atom. The minimum Gasteiger partial charge on any atom is -0.508 e. The molecule has 2 aromatic heterocycles. The molecule has 0 radical (unpaired) electrons. The van der Waals surface area contributed by atoms with Crippen LogP contribution in [0.1, 0.15) is 59.8 Å². The molecule has 0 saturated carbocycles. The van der Waals surface area contributed by atoms with Crippen LogP contribution in [0.4, 0.5) is 0 Å².